The molecule has 7 rings (SSSR count). The van der Waals surface area contributed by atoms with Crippen molar-refractivity contribution in [3.05, 3.63) is 82.5 Å². The highest BCUT2D eigenvalue weighted by Crippen LogP contribution is 2.44. The Morgan fingerprint density at radius 3 is 2.49 bits per heavy atom. The standard InChI is InChI=1S/C44H58ClN5O4Si/c1-31-15-19-50(40-26-33-16-18-49(41(33)46-42(40)54-31)30-53-24-25-55(5,6)7)39-27-36(12-13-37(39)43(51)52-4)48-22-20-47(21-23-48)29-34-14-17-44(2,3)28-38(34)32-8-10-35(45)11-9-32/h8-13,16,18,26-27,31H,14-15,17,19-25,28-30H2,1-7H3/t31-/m1/s1. The number of carbonyl (C=O) groups excluding carboxylic acids is 1. The van der Waals surface area contributed by atoms with E-state index >= 15 is 0 Å². The molecule has 2 aliphatic heterocycles. The van der Waals surface area contributed by atoms with E-state index in [1.165, 1.54) is 24.7 Å². The quantitative estimate of drug-likeness (QED) is 0.0846. The number of esters is 1. The summed E-state index contributed by atoms with van der Waals surface area (Å²) in [5.74, 6) is 0.204. The summed E-state index contributed by atoms with van der Waals surface area (Å²) < 4.78 is 19.9. The summed E-state index contributed by atoms with van der Waals surface area (Å²) in [7, 11) is 0.261. The van der Waals surface area contributed by atoms with Crippen LogP contribution in [-0.4, -0.2) is 87.6 Å². The zero-order valence-electron chi connectivity index (χ0n) is 33.8. The van der Waals surface area contributed by atoms with E-state index in [4.69, 9.17) is 30.8 Å². The molecule has 0 radical (unpaired) electrons. The largest absolute Gasteiger partial charge is 0.473 e. The van der Waals surface area contributed by atoms with E-state index in [0.717, 1.165) is 97.8 Å². The SMILES string of the molecule is COC(=O)c1ccc(N2CCN(CC3=C(c4ccc(Cl)cc4)CC(C)(C)CC3)CC2)cc1N1CC[C@@H](C)Oc2nc3c(ccn3COCC[Si](C)(C)C)cc21. The van der Waals surface area contributed by atoms with Crippen molar-refractivity contribution >= 4 is 59.3 Å². The summed E-state index contributed by atoms with van der Waals surface area (Å²) in [6.45, 7) is 20.5. The van der Waals surface area contributed by atoms with E-state index in [0.29, 0.717) is 24.7 Å². The van der Waals surface area contributed by atoms with Gasteiger partial charge in [0.2, 0.25) is 5.88 Å². The maximum atomic E-state index is 13.3. The number of methoxy groups -OCH3 is 1. The molecule has 9 nitrogen and oxygen atoms in total. The highest BCUT2D eigenvalue weighted by molar-refractivity contribution is 6.76. The fourth-order valence-corrected chi connectivity index (χ4v) is 8.95. The van der Waals surface area contributed by atoms with Crippen LogP contribution in [-0.2, 0) is 16.2 Å². The van der Waals surface area contributed by atoms with Gasteiger partial charge in [0.25, 0.3) is 0 Å². The van der Waals surface area contributed by atoms with E-state index in [-0.39, 0.29) is 17.5 Å². The first kappa shape index (κ1) is 39.4. The second-order valence-corrected chi connectivity index (χ2v) is 23.7. The number of benzene rings is 2. The Labute approximate surface area is 333 Å². The van der Waals surface area contributed by atoms with Gasteiger partial charge in [-0.25, -0.2) is 4.79 Å². The predicted molar refractivity (Wildman–Crippen MR) is 228 cm³/mol. The van der Waals surface area contributed by atoms with Crippen LogP contribution in [0.4, 0.5) is 17.1 Å². The number of halogens is 1. The number of pyridine rings is 1. The van der Waals surface area contributed by atoms with Crippen LogP contribution in [0.15, 0.2) is 66.4 Å². The molecule has 4 heterocycles. The molecular weight excluding hydrogens is 726 g/mol. The van der Waals surface area contributed by atoms with Crippen molar-refractivity contribution in [3.8, 4) is 5.88 Å². The summed E-state index contributed by atoms with van der Waals surface area (Å²) in [6, 6.07) is 19.9. The van der Waals surface area contributed by atoms with Crippen LogP contribution in [0, 0.1) is 5.41 Å². The summed E-state index contributed by atoms with van der Waals surface area (Å²) in [6.07, 6.45) is 6.18. The topological polar surface area (TPSA) is 72.3 Å². The third-order valence-electron chi connectivity index (χ3n) is 11.5. The van der Waals surface area contributed by atoms with Crippen molar-refractivity contribution in [2.24, 2.45) is 5.41 Å². The van der Waals surface area contributed by atoms with Gasteiger partial charge in [-0.15, -0.1) is 0 Å². The van der Waals surface area contributed by atoms with Crippen molar-refractivity contribution < 1.29 is 19.0 Å². The fourth-order valence-electron chi connectivity index (χ4n) is 8.06. The molecule has 1 atom stereocenters. The number of piperazine rings is 1. The third-order valence-corrected chi connectivity index (χ3v) is 13.4. The van der Waals surface area contributed by atoms with Crippen LogP contribution < -0.4 is 14.5 Å². The highest BCUT2D eigenvalue weighted by atomic mass is 35.5. The van der Waals surface area contributed by atoms with E-state index < -0.39 is 8.07 Å². The molecule has 2 aromatic carbocycles. The summed E-state index contributed by atoms with van der Waals surface area (Å²) in [4.78, 5) is 25.6. The van der Waals surface area contributed by atoms with Gasteiger partial charge in [0.15, 0.2) is 0 Å². The van der Waals surface area contributed by atoms with Crippen molar-refractivity contribution in [2.75, 3.05) is 62.8 Å². The molecule has 294 valence electrons. The minimum atomic E-state index is -1.19. The Kier molecular flexibility index (Phi) is 11.7. The smallest absolute Gasteiger partial charge is 0.339 e. The number of fused-ring (bicyclic) bond motifs is 2. The van der Waals surface area contributed by atoms with Crippen molar-refractivity contribution in [1.29, 1.82) is 0 Å². The summed E-state index contributed by atoms with van der Waals surface area (Å²) in [5.41, 5.74) is 8.75. The molecule has 1 aliphatic carbocycles. The monoisotopic (exact) mass is 783 g/mol. The zero-order chi connectivity index (χ0) is 38.9. The van der Waals surface area contributed by atoms with Crippen LogP contribution in [0.5, 0.6) is 5.88 Å². The van der Waals surface area contributed by atoms with Gasteiger partial charge >= 0.3 is 5.97 Å². The molecule has 3 aliphatic rings. The average Bonchev–Trinajstić information content (AvgIpc) is 3.47. The zero-order valence-corrected chi connectivity index (χ0v) is 35.5. The van der Waals surface area contributed by atoms with E-state index in [1.807, 2.05) is 29.0 Å². The minimum absolute atomic E-state index is 0.0477. The maximum absolute atomic E-state index is 13.3. The molecule has 0 bridgehead atoms. The van der Waals surface area contributed by atoms with Gasteiger partial charge in [-0.2, -0.15) is 4.98 Å². The first-order chi connectivity index (χ1) is 26.3. The lowest BCUT2D eigenvalue weighted by molar-refractivity contribution is 0.0601. The lowest BCUT2D eigenvalue weighted by Crippen LogP contribution is -2.47. The normalized spacial score (nSPS) is 19.3. The van der Waals surface area contributed by atoms with E-state index in [1.54, 1.807) is 5.57 Å². The number of aromatic nitrogens is 2. The Bertz CT molecular complexity index is 2030. The number of ether oxygens (including phenoxy) is 3. The second kappa shape index (κ2) is 16.3. The van der Waals surface area contributed by atoms with Gasteiger partial charge in [0.05, 0.1) is 24.5 Å². The molecule has 1 fully saturated rings. The van der Waals surface area contributed by atoms with Crippen LogP contribution >= 0.6 is 11.6 Å². The fraction of sp³-hybridized carbons (Fsp3) is 0.500. The minimum Gasteiger partial charge on any atom is -0.473 e. The molecule has 1 saturated heterocycles. The Balaban J connectivity index is 1.12. The van der Waals surface area contributed by atoms with Crippen LogP contribution in [0.3, 0.4) is 0 Å². The average molecular weight is 785 g/mol. The molecule has 0 saturated carbocycles. The van der Waals surface area contributed by atoms with E-state index in [9.17, 15) is 4.79 Å². The number of rotatable bonds is 11. The van der Waals surface area contributed by atoms with Gasteiger partial charge < -0.3 is 28.6 Å². The maximum Gasteiger partial charge on any atom is 0.339 e. The number of nitrogens with zero attached hydrogens (tertiary/aromatic N) is 5. The summed E-state index contributed by atoms with van der Waals surface area (Å²) >= 11 is 6.27. The highest BCUT2D eigenvalue weighted by Gasteiger charge is 2.31. The van der Waals surface area contributed by atoms with Crippen molar-refractivity contribution in [2.45, 2.75) is 85.0 Å². The number of hydrogen-bond donors (Lipinski definition) is 0. The molecule has 0 amide bonds. The lowest BCUT2D eigenvalue weighted by atomic mass is 9.72. The molecular formula is C44H58ClN5O4Si. The van der Waals surface area contributed by atoms with E-state index in [2.05, 4.69) is 91.5 Å². The number of anilines is 3. The number of allylic oxidation sites excluding steroid dienone is 1. The Morgan fingerprint density at radius 1 is 1.00 bits per heavy atom. The molecule has 0 unspecified atom stereocenters. The summed E-state index contributed by atoms with van der Waals surface area (Å²) in [5, 5.41) is 1.78. The molecule has 4 aromatic rings. The third kappa shape index (κ3) is 9.25. The van der Waals surface area contributed by atoms with Crippen molar-refractivity contribution in [1.82, 2.24) is 14.5 Å². The van der Waals surface area contributed by atoms with Crippen LogP contribution in [0.2, 0.25) is 30.7 Å². The lowest BCUT2D eigenvalue weighted by Gasteiger charge is -2.39. The Morgan fingerprint density at radius 2 is 1.76 bits per heavy atom. The first-order valence-corrected chi connectivity index (χ1v) is 24.0. The van der Waals surface area contributed by atoms with Gasteiger partial charge in [0.1, 0.15) is 18.1 Å². The first-order valence-electron chi connectivity index (χ1n) is 20.0. The molecule has 11 heteroatoms. The predicted octanol–water partition coefficient (Wildman–Crippen LogP) is 9.88. The second-order valence-electron chi connectivity index (χ2n) is 17.6. The molecule has 2 aromatic heterocycles. The van der Waals surface area contributed by atoms with Gasteiger partial charge in [-0.3, -0.25) is 4.90 Å². The molecule has 0 N–H and O–H groups in total. The van der Waals surface area contributed by atoms with Gasteiger partial charge in [0, 0.05) is 82.7 Å². The number of carbonyl (C=O) groups is 1. The van der Waals surface area contributed by atoms with Gasteiger partial charge in [-0.1, -0.05) is 62.8 Å². The van der Waals surface area contributed by atoms with Crippen LogP contribution in [0.25, 0.3) is 16.6 Å². The number of hydrogen-bond acceptors (Lipinski definition) is 8. The van der Waals surface area contributed by atoms with Crippen LogP contribution in [0.1, 0.15) is 62.4 Å². The van der Waals surface area contributed by atoms with Gasteiger partial charge in [-0.05, 0) is 91.2 Å². The molecule has 55 heavy (non-hydrogen) atoms. The molecule has 0 spiro atoms. The Hall–Kier alpha value is -3.83. The van der Waals surface area contributed by atoms with Crippen molar-refractivity contribution in [3.63, 3.8) is 0 Å².